The molecule has 0 aromatic heterocycles. The van der Waals surface area contributed by atoms with Crippen LogP contribution in [0.4, 0.5) is 0 Å². The van der Waals surface area contributed by atoms with Crippen LogP contribution in [0.25, 0.3) is 144 Å². The highest BCUT2D eigenvalue weighted by Crippen LogP contribution is 2.50. The Kier molecular flexibility index (Phi) is 11.3. The summed E-state index contributed by atoms with van der Waals surface area (Å²) in [4.78, 5) is 0. The molecule has 0 N–H and O–H groups in total. The van der Waals surface area contributed by atoms with Crippen molar-refractivity contribution in [3.63, 3.8) is 0 Å². The zero-order valence-corrected chi connectivity index (χ0v) is 41.9. The molecule has 0 fully saturated rings. The maximum atomic E-state index is 2.47. The third-order valence-corrected chi connectivity index (χ3v) is 15.4. The maximum Gasteiger partial charge on any atom is -0.00139 e. The zero-order chi connectivity index (χ0) is 50.4. The van der Waals surface area contributed by atoms with Gasteiger partial charge in [-0.15, -0.1) is 0 Å². The van der Waals surface area contributed by atoms with Crippen molar-refractivity contribution in [2.75, 3.05) is 0 Å². The molecule has 0 saturated heterocycles. The van der Waals surface area contributed by atoms with E-state index in [1.807, 2.05) is 0 Å². The average Bonchev–Trinajstić information content (AvgIpc) is 3.60. The molecular formula is C76H50. The van der Waals surface area contributed by atoms with E-state index < -0.39 is 0 Å². The van der Waals surface area contributed by atoms with E-state index in [9.17, 15) is 0 Å². The molecule has 0 unspecified atom stereocenters. The Morgan fingerprint density at radius 3 is 0.553 bits per heavy atom. The fraction of sp³-hybridized carbons (Fsp3) is 0. The highest BCUT2D eigenvalue weighted by atomic mass is 14.3. The van der Waals surface area contributed by atoms with Gasteiger partial charge in [0.15, 0.2) is 0 Å². The summed E-state index contributed by atoms with van der Waals surface area (Å²) in [5, 5.41) is 7.47. The molecule has 0 aliphatic heterocycles. The molecule has 0 bridgehead atoms. The van der Waals surface area contributed by atoms with Gasteiger partial charge in [-0.1, -0.05) is 255 Å². The predicted octanol–water partition coefficient (Wildman–Crippen LogP) is 21.3. The van der Waals surface area contributed by atoms with Gasteiger partial charge in [-0.3, -0.25) is 0 Å². The minimum atomic E-state index is 1.18. The monoisotopic (exact) mass is 962 g/mol. The first kappa shape index (κ1) is 44.8. The zero-order valence-electron chi connectivity index (χ0n) is 41.9. The molecule has 0 atom stereocenters. The molecule has 354 valence electrons. The van der Waals surface area contributed by atoms with Crippen LogP contribution in [-0.2, 0) is 0 Å². The van der Waals surface area contributed by atoms with E-state index in [4.69, 9.17) is 0 Å². The van der Waals surface area contributed by atoms with Crippen LogP contribution < -0.4 is 0 Å². The lowest BCUT2D eigenvalue weighted by molar-refractivity contribution is 1.57. The second-order valence-electron chi connectivity index (χ2n) is 20.0. The number of rotatable bonds is 10. The summed E-state index contributed by atoms with van der Waals surface area (Å²) in [6, 6.07) is 112. The molecule has 0 radical (unpaired) electrons. The van der Waals surface area contributed by atoms with Gasteiger partial charge >= 0.3 is 0 Å². The van der Waals surface area contributed by atoms with Crippen molar-refractivity contribution < 1.29 is 0 Å². The summed E-state index contributed by atoms with van der Waals surface area (Å²) in [5.41, 5.74) is 23.9. The van der Waals surface area contributed by atoms with E-state index in [1.54, 1.807) is 0 Å². The van der Waals surface area contributed by atoms with Gasteiger partial charge in [-0.05, 0) is 192 Å². The summed E-state index contributed by atoms with van der Waals surface area (Å²) in [7, 11) is 0. The largest absolute Gasteiger partial charge is 0.0622 e. The molecule has 0 nitrogen and oxygen atoms in total. The van der Waals surface area contributed by atoms with Gasteiger partial charge in [0.25, 0.3) is 0 Å². The van der Waals surface area contributed by atoms with Crippen LogP contribution in [-0.4, -0.2) is 0 Å². The summed E-state index contributed by atoms with van der Waals surface area (Å²) in [5.74, 6) is 0. The molecule has 0 spiro atoms. The van der Waals surface area contributed by atoms with Crippen molar-refractivity contribution in [3.05, 3.63) is 303 Å². The van der Waals surface area contributed by atoms with Crippen LogP contribution in [0, 0.1) is 0 Å². The lowest BCUT2D eigenvalue weighted by Gasteiger charge is -2.22. The molecule has 14 aromatic rings. The average molecular weight is 963 g/mol. The first-order valence-electron chi connectivity index (χ1n) is 26.3. The normalized spacial score (nSPS) is 11.4. The van der Waals surface area contributed by atoms with Gasteiger partial charge in [-0.2, -0.15) is 0 Å². The van der Waals surface area contributed by atoms with Crippen molar-refractivity contribution >= 4 is 32.3 Å². The molecule has 0 amide bonds. The highest BCUT2D eigenvalue weighted by Gasteiger charge is 2.23. The first-order chi connectivity index (χ1) is 37.7. The highest BCUT2D eigenvalue weighted by molar-refractivity contribution is 6.32. The van der Waals surface area contributed by atoms with E-state index in [1.165, 1.54) is 144 Å². The van der Waals surface area contributed by atoms with Crippen molar-refractivity contribution in [2.24, 2.45) is 0 Å². The fourth-order valence-electron chi connectivity index (χ4n) is 11.6. The summed E-state index contributed by atoms with van der Waals surface area (Å²) in [6.07, 6.45) is 0. The van der Waals surface area contributed by atoms with Crippen molar-refractivity contribution in [2.45, 2.75) is 0 Å². The van der Waals surface area contributed by atoms with Gasteiger partial charge in [0.1, 0.15) is 0 Å². The minimum absolute atomic E-state index is 1.18. The van der Waals surface area contributed by atoms with Crippen molar-refractivity contribution in [3.8, 4) is 111 Å². The van der Waals surface area contributed by atoms with Gasteiger partial charge in [0.05, 0.1) is 0 Å². The van der Waals surface area contributed by atoms with Crippen LogP contribution in [0.3, 0.4) is 0 Å². The summed E-state index contributed by atoms with van der Waals surface area (Å²) >= 11 is 0. The Labute approximate surface area is 444 Å². The lowest BCUT2D eigenvalue weighted by Crippen LogP contribution is -1.95. The van der Waals surface area contributed by atoms with Gasteiger partial charge in [0.2, 0.25) is 0 Å². The third-order valence-electron chi connectivity index (χ3n) is 15.4. The van der Waals surface area contributed by atoms with Crippen LogP contribution in [0.5, 0.6) is 0 Å². The van der Waals surface area contributed by atoms with Crippen LogP contribution in [0.15, 0.2) is 303 Å². The lowest BCUT2D eigenvalue weighted by atomic mass is 9.81. The predicted molar refractivity (Wildman–Crippen MR) is 325 cm³/mol. The summed E-state index contributed by atoms with van der Waals surface area (Å²) in [6.45, 7) is 0. The Morgan fingerprint density at radius 2 is 0.303 bits per heavy atom. The Morgan fingerprint density at radius 1 is 0.118 bits per heavy atom. The van der Waals surface area contributed by atoms with E-state index >= 15 is 0 Å². The van der Waals surface area contributed by atoms with Gasteiger partial charge in [0, 0.05) is 0 Å². The molecule has 0 heteroatoms. The SMILES string of the molecule is c1ccc(-c2ccc(-c3cc(-c4cc(-c5ccccc5)cc(-c5ccccc5)c4)c4ccc5c(-c6ccc(-c7ccccc7)cc6)cc(-c6cc(-c7ccccc7)cc(-c7ccccc7)c6)c6ccc3c4c56)cc2)cc1. The quantitative estimate of drug-likeness (QED) is 0.120. The van der Waals surface area contributed by atoms with Crippen LogP contribution >= 0.6 is 0 Å². The Balaban J connectivity index is 1.09. The number of benzene rings is 14. The number of hydrogen-bond donors (Lipinski definition) is 0. The van der Waals surface area contributed by atoms with Gasteiger partial charge in [-0.25, -0.2) is 0 Å². The van der Waals surface area contributed by atoms with E-state index in [0.29, 0.717) is 0 Å². The molecule has 14 rings (SSSR count). The topological polar surface area (TPSA) is 0 Å². The maximum absolute atomic E-state index is 2.47. The van der Waals surface area contributed by atoms with Crippen LogP contribution in [0.2, 0.25) is 0 Å². The standard InChI is InChI=1S/C76H50/c1-7-19-51(20-8-1)57-31-35-59(36-32-57)71-49-73(65-45-61(53-23-11-3-12-24-53)43-62(46-65)54-25-13-4-14-26-54)69-42-40-68-72(60-37-33-58(34-38-60)52-21-9-2-10-22-52)50-74(70-41-39-67(71)75(69)76(68)70)66-47-63(55-27-15-5-16-28-55)44-64(48-66)56-29-17-6-18-30-56/h1-50H. The smallest absolute Gasteiger partial charge is 0.00139 e. The second kappa shape index (κ2) is 19.2. The number of hydrogen-bond acceptors (Lipinski definition) is 0. The van der Waals surface area contributed by atoms with E-state index in [2.05, 4.69) is 303 Å². The van der Waals surface area contributed by atoms with E-state index in [0.717, 1.165) is 0 Å². The minimum Gasteiger partial charge on any atom is -0.0622 e. The van der Waals surface area contributed by atoms with Crippen LogP contribution in [0.1, 0.15) is 0 Å². The van der Waals surface area contributed by atoms with E-state index in [-0.39, 0.29) is 0 Å². The summed E-state index contributed by atoms with van der Waals surface area (Å²) < 4.78 is 0. The molecule has 0 saturated carbocycles. The second-order valence-corrected chi connectivity index (χ2v) is 20.0. The fourth-order valence-corrected chi connectivity index (χ4v) is 11.6. The first-order valence-corrected chi connectivity index (χ1v) is 26.3. The Hall–Kier alpha value is -9.88. The molecule has 76 heavy (non-hydrogen) atoms. The molecular weight excluding hydrogens is 913 g/mol. The molecule has 0 aliphatic carbocycles. The molecule has 0 aliphatic rings. The molecule has 14 aromatic carbocycles. The van der Waals surface area contributed by atoms with Gasteiger partial charge < -0.3 is 0 Å². The Bertz CT molecular complexity index is 3950. The third kappa shape index (κ3) is 8.24. The molecule has 0 heterocycles. The van der Waals surface area contributed by atoms with Crippen molar-refractivity contribution in [1.29, 1.82) is 0 Å². The van der Waals surface area contributed by atoms with Crippen molar-refractivity contribution in [1.82, 2.24) is 0 Å².